The molecule has 2 aromatic heterocycles. The van der Waals surface area contributed by atoms with Gasteiger partial charge >= 0.3 is 0 Å². The highest BCUT2D eigenvalue weighted by molar-refractivity contribution is 5.99. The standard InChI is InChI=1S/C21H24N2O4/c1-14-5-6-18-16(12-14)15(2)20(27-18)21(24)22-13-17(19-4-3-9-26-19)23-7-10-25-11-8-23/h3-6,9,12,17H,7-8,10-11,13H2,1-2H3,(H,22,24)/p+1/t17-/m1/s1. The van der Waals surface area contributed by atoms with Crippen LogP contribution in [0.3, 0.4) is 0 Å². The van der Waals surface area contributed by atoms with Crippen LogP contribution in [0.4, 0.5) is 0 Å². The summed E-state index contributed by atoms with van der Waals surface area (Å²) in [5, 5.41) is 4.03. The molecule has 0 unspecified atom stereocenters. The first-order valence-corrected chi connectivity index (χ1v) is 9.37. The summed E-state index contributed by atoms with van der Waals surface area (Å²) < 4.78 is 16.9. The van der Waals surface area contributed by atoms with Crippen molar-refractivity contribution >= 4 is 16.9 Å². The predicted octanol–water partition coefficient (Wildman–Crippen LogP) is 2.03. The van der Waals surface area contributed by atoms with Gasteiger partial charge in [0.15, 0.2) is 17.6 Å². The number of carbonyl (C=O) groups is 1. The van der Waals surface area contributed by atoms with Gasteiger partial charge in [-0.25, -0.2) is 0 Å². The SMILES string of the molecule is Cc1ccc2oc(C(=O)NC[C@H](c3ccco3)[NH+]3CCOCC3)c(C)c2c1. The van der Waals surface area contributed by atoms with E-state index in [1.165, 1.54) is 4.90 Å². The van der Waals surface area contributed by atoms with E-state index >= 15 is 0 Å². The van der Waals surface area contributed by atoms with Gasteiger partial charge in [-0.05, 0) is 38.1 Å². The Balaban J connectivity index is 1.52. The third-order valence-electron chi connectivity index (χ3n) is 5.28. The quantitative estimate of drug-likeness (QED) is 0.722. The lowest BCUT2D eigenvalue weighted by Crippen LogP contribution is -3.15. The highest BCUT2D eigenvalue weighted by Crippen LogP contribution is 2.26. The topological polar surface area (TPSA) is 69.0 Å². The highest BCUT2D eigenvalue weighted by atomic mass is 16.5. The highest BCUT2D eigenvalue weighted by Gasteiger charge is 2.29. The second kappa shape index (κ2) is 7.58. The Hall–Kier alpha value is -2.57. The van der Waals surface area contributed by atoms with Crippen molar-refractivity contribution in [1.82, 2.24) is 5.32 Å². The van der Waals surface area contributed by atoms with Gasteiger partial charge in [0.25, 0.3) is 5.91 Å². The predicted molar refractivity (Wildman–Crippen MR) is 101 cm³/mol. The molecule has 3 aromatic rings. The van der Waals surface area contributed by atoms with Crippen molar-refractivity contribution in [2.45, 2.75) is 19.9 Å². The minimum absolute atomic E-state index is 0.0554. The summed E-state index contributed by atoms with van der Waals surface area (Å²) in [6.07, 6.45) is 1.68. The number of amides is 1. The van der Waals surface area contributed by atoms with Gasteiger partial charge in [0.05, 0.1) is 26.0 Å². The van der Waals surface area contributed by atoms with E-state index in [1.54, 1.807) is 6.26 Å². The fourth-order valence-electron chi connectivity index (χ4n) is 3.74. The smallest absolute Gasteiger partial charge is 0.287 e. The molecule has 1 atom stereocenters. The second-order valence-electron chi connectivity index (χ2n) is 7.10. The van der Waals surface area contributed by atoms with Crippen LogP contribution in [0.25, 0.3) is 11.0 Å². The van der Waals surface area contributed by atoms with E-state index < -0.39 is 0 Å². The van der Waals surface area contributed by atoms with Crippen molar-refractivity contribution in [3.05, 3.63) is 59.2 Å². The van der Waals surface area contributed by atoms with E-state index in [0.29, 0.717) is 12.3 Å². The van der Waals surface area contributed by atoms with Crippen LogP contribution < -0.4 is 10.2 Å². The van der Waals surface area contributed by atoms with Gasteiger partial charge < -0.3 is 23.8 Å². The molecule has 6 heteroatoms. The summed E-state index contributed by atoms with van der Waals surface area (Å²) in [6.45, 7) is 7.68. The monoisotopic (exact) mass is 369 g/mol. The molecule has 142 valence electrons. The maximum absolute atomic E-state index is 12.8. The Kier molecular flexibility index (Phi) is 5.01. The molecule has 0 aliphatic carbocycles. The number of furan rings is 2. The number of hydrogen-bond donors (Lipinski definition) is 2. The van der Waals surface area contributed by atoms with Crippen molar-refractivity contribution in [3.8, 4) is 0 Å². The Morgan fingerprint density at radius 1 is 1.22 bits per heavy atom. The lowest BCUT2D eigenvalue weighted by atomic mass is 10.1. The van der Waals surface area contributed by atoms with Crippen molar-refractivity contribution in [3.63, 3.8) is 0 Å². The third kappa shape index (κ3) is 3.63. The van der Waals surface area contributed by atoms with Crippen molar-refractivity contribution in [2.75, 3.05) is 32.8 Å². The first-order chi connectivity index (χ1) is 13.1. The molecule has 0 bridgehead atoms. The van der Waals surface area contributed by atoms with Crippen molar-refractivity contribution < 1.29 is 23.3 Å². The Morgan fingerprint density at radius 3 is 2.78 bits per heavy atom. The maximum atomic E-state index is 12.8. The van der Waals surface area contributed by atoms with Gasteiger partial charge in [0.2, 0.25) is 0 Å². The molecule has 1 aromatic carbocycles. The molecule has 1 fully saturated rings. The van der Waals surface area contributed by atoms with Gasteiger partial charge in [-0.15, -0.1) is 0 Å². The van der Waals surface area contributed by atoms with Gasteiger partial charge in [-0.2, -0.15) is 0 Å². The number of hydrogen-bond acceptors (Lipinski definition) is 4. The van der Waals surface area contributed by atoms with E-state index in [1.807, 2.05) is 38.1 Å². The number of rotatable bonds is 5. The number of nitrogens with one attached hydrogen (secondary N) is 2. The number of morpholine rings is 1. The molecule has 1 aliphatic rings. The molecule has 2 N–H and O–H groups in total. The molecular formula is C21H25N2O4+. The summed E-state index contributed by atoms with van der Waals surface area (Å²) in [6, 6.07) is 9.86. The molecular weight excluding hydrogens is 344 g/mol. The number of benzene rings is 1. The van der Waals surface area contributed by atoms with Crippen LogP contribution in [0.15, 0.2) is 45.4 Å². The summed E-state index contributed by atoms with van der Waals surface area (Å²) in [4.78, 5) is 14.2. The molecule has 4 rings (SSSR count). The number of carbonyl (C=O) groups excluding carboxylic acids is 1. The molecule has 1 aliphatic heterocycles. The van der Waals surface area contributed by atoms with Crippen LogP contribution in [0, 0.1) is 13.8 Å². The van der Waals surface area contributed by atoms with E-state index in [2.05, 4.69) is 11.4 Å². The second-order valence-corrected chi connectivity index (χ2v) is 7.10. The van der Waals surface area contributed by atoms with Crippen LogP contribution in [-0.4, -0.2) is 38.8 Å². The fraction of sp³-hybridized carbons (Fsp3) is 0.381. The van der Waals surface area contributed by atoms with Crippen LogP contribution in [0.5, 0.6) is 0 Å². The number of aryl methyl sites for hydroxylation is 2. The van der Waals surface area contributed by atoms with Crippen LogP contribution in [0.2, 0.25) is 0 Å². The Morgan fingerprint density at radius 2 is 2.04 bits per heavy atom. The zero-order chi connectivity index (χ0) is 18.8. The maximum Gasteiger partial charge on any atom is 0.287 e. The zero-order valence-corrected chi connectivity index (χ0v) is 15.7. The fourth-order valence-corrected chi connectivity index (χ4v) is 3.74. The molecule has 0 radical (unpaired) electrons. The van der Waals surface area contributed by atoms with Crippen LogP contribution in [0.1, 0.15) is 33.5 Å². The van der Waals surface area contributed by atoms with Gasteiger partial charge in [0, 0.05) is 10.9 Å². The summed E-state index contributed by atoms with van der Waals surface area (Å²) in [5.74, 6) is 1.07. The summed E-state index contributed by atoms with van der Waals surface area (Å²) in [7, 11) is 0. The minimum atomic E-state index is -0.189. The number of ether oxygens (including phenoxy) is 1. The molecule has 1 saturated heterocycles. The lowest BCUT2D eigenvalue weighted by Gasteiger charge is -2.30. The van der Waals surface area contributed by atoms with Crippen LogP contribution in [-0.2, 0) is 4.74 Å². The summed E-state index contributed by atoms with van der Waals surface area (Å²) >= 11 is 0. The Labute approximate surface area is 158 Å². The molecule has 0 spiro atoms. The molecule has 0 saturated carbocycles. The van der Waals surface area contributed by atoms with Gasteiger partial charge in [-0.1, -0.05) is 11.6 Å². The lowest BCUT2D eigenvalue weighted by molar-refractivity contribution is -0.938. The normalized spacial score (nSPS) is 16.5. The van der Waals surface area contributed by atoms with E-state index in [4.69, 9.17) is 13.6 Å². The van der Waals surface area contributed by atoms with Crippen molar-refractivity contribution in [2.24, 2.45) is 0 Å². The molecule has 27 heavy (non-hydrogen) atoms. The average molecular weight is 369 g/mol. The summed E-state index contributed by atoms with van der Waals surface area (Å²) in [5.41, 5.74) is 2.76. The largest absolute Gasteiger partial charge is 0.463 e. The van der Waals surface area contributed by atoms with Gasteiger partial charge in [0.1, 0.15) is 18.7 Å². The van der Waals surface area contributed by atoms with Crippen molar-refractivity contribution in [1.29, 1.82) is 0 Å². The Bertz CT molecular complexity index is 923. The van der Waals surface area contributed by atoms with Gasteiger partial charge in [-0.3, -0.25) is 4.79 Å². The first kappa shape index (κ1) is 17.8. The third-order valence-corrected chi connectivity index (χ3v) is 5.28. The number of quaternary nitrogens is 1. The zero-order valence-electron chi connectivity index (χ0n) is 15.7. The van der Waals surface area contributed by atoms with E-state index in [9.17, 15) is 4.79 Å². The number of fused-ring (bicyclic) bond motifs is 1. The van der Waals surface area contributed by atoms with E-state index in [-0.39, 0.29) is 11.9 Å². The molecule has 6 nitrogen and oxygen atoms in total. The molecule has 1 amide bonds. The average Bonchev–Trinajstić information content (AvgIpc) is 3.32. The van der Waals surface area contributed by atoms with Crippen LogP contribution >= 0.6 is 0 Å². The minimum Gasteiger partial charge on any atom is -0.463 e. The molecule has 3 heterocycles. The first-order valence-electron chi connectivity index (χ1n) is 9.37. The van der Waals surface area contributed by atoms with E-state index in [0.717, 1.165) is 54.2 Å².